The Kier molecular flexibility index (Phi) is 2.69. The standard InChI is InChI=1S/C11H12OS/c12-11-5-2-6-13-8-9-3-1-4-10(11)7-9/h1,3-4,7H,2,5-6,8H2. The van der Waals surface area contributed by atoms with Gasteiger partial charge < -0.3 is 0 Å². The van der Waals surface area contributed by atoms with Gasteiger partial charge in [-0.25, -0.2) is 0 Å². The van der Waals surface area contributed by atoms with Crippen LogP contribution in [0.2, 0.25) is 0 Å². The highest BCUT2D eigenvalue weighted by atomic mass is 32.2. The van der Waals surface area contributed by atoms with E-state index in [-0.39, 0.29) is 0 Å². The number of carbonyl (C=O) groups excluding carboxylic acids is 1. The van der Waals surface area contributed by atoms with Gasteiger partial charge in [-0.2, -0.15) is 11.8 Å². The number of hydrogen-bond acceptors (Lipinski definition) is 2. The fourth-order valence-corrected chi connectivity index (χ4v) is 2.41. The van der Waals surface area contributed by atoms with Crippen molar-refractivity contribution in [1.29, 1.82) is 0 Å². The lowest BCUT2D eigenvalue weighted by Crippen LogP contribution is -1.98. The maximum Gasteiger partial charge on any atom is 0.162 e. The molecular formula is C11H12OS. The maximum atomic E-state index is 11.6. The van der Waals surface area contributed by atoms with E-state index in [9.17, 15) is 4.79 Å². The van der Waals surface area contributed by atoms with Gasteiger partial charge in [-0.3, -0.25) is 4.79 Å². The van der Waals surface area contributed by atoms with Crippen LogP contribution in [0.25, 0.3) is 0 Å². The third-order valence-corrected chi connectivity index (χ3v) is 3.33. The van der Waals surface area contributed by atoms with Crippen LogP contribution in [-0.2, 0) is 5.75 Å². The zero-order valence-electron chi connectivity index (χ0n) is 7.45. The van der Waals surface area contributed by atoms with Crippen LogP contribution in [-0.4, -0.2) is 11.5 Å². The van der Waals surface area contributed by atoms with Gasteiger partial charge in [0.1, 0.15) is 0 Å². The van der Waals surface area contributed by atoms with Crippen molar-refractivity contribution in [2.24, 2.45) is 0 Å². The molecule has 0 unspecified atom stereocenters. The quantitative estimate of drug-likeness (QED) is 0.628. The Balaban J connectivity index is 2.33. The van der Waals surface area contributed by atoms with Crippen LogP contribution < -0.4 is 0 Å². The van der Waals surface area contributed by atoms with Crippen molar-refractivity contribution in [3.05, 3.63) is 35.4 Å². The molecule has 1 aliphatic rings. The Morgan fingerprint density at radius 3 is 3.15 bits per heavy atom. The van der Waals surface area contributed by atoms with Crippen LogP contribution in [0, 0.1) is 0 Å². The van der Waals surface area contributed by atoms with Crippen LogP contribution in [0.3, 0.4) is 0 Å². The van der Waals surface area contributed by atoms with E-state index >= 15 is 0 Å². The van der Waals surface area contributed by atoms with Gasteiger partial charge in [0.15, 0.2) is 5.78 Å². The molecule has 0 radical (unpaired) electrons. The largest absolute Gasteiger partial charge is 0.294 e. The van der Waals surface area contributed by atoms with E-state index in [1.54, 1.807) is 0 Å². The third-order valence-electron chi connectivity index (χ3n) is 2.21. The minimum Gasteiger partial charge on any atom is -0.294 e. The van der Waals surface area contributed by atoms with E-state index in [2.05, 4.69) is 6.07 Å². The molecule has 1 aromatic carbocycles. The van der Waals surface area contributed by atoms with Gasteiger partial charge in [-0.05, 0) is 23.8 Å². The van der Waals surface area contributed by atoms with Crippen LogP contribution in [0.15, 0.2) is 24.3 Å². The van der Waals surface area contributed by atoms with Crippen molar-refractivity contribution in [1.82, 2.24) is 0 Å². The molecule has 0 saturated heterocycles. The zero-order chi connectivity index (χ0) is 9.10. The summed E-state index contributed by atoms with van der Waals surface area (Å²) >= 11 is 1.91. The molecule has 0 amide bonds. The van der Waals surface area contributed by atoms with Crippen LogP contribution in [0.1, 0.15) is 28.8 Å². The monoisotopic (exact) mass is 192 g/mol. The molecule has 68 valence electrons. The lowest BCUT2D eigenvalue weighted by Gasteiger charge is -1.99. The Morgan fingerprint density at radius 1 is 1.31 bits per heavy atom. The van der Waals surface area contributed by atoms with Crippen LogP contribution in [0.5, 0.6) is 0 Å². The summed E-state index contributed by atoms with van der Waals surface area (Å²) in [5.41, 5.74) is 2.16. The second kappa shape index (κ2) is 3.97. The van der Waals surface area contributed by atoms with Gasteiger partial charge in [-0.15, -0.1) is 0 Å². The Labute approximate surface area is 82.5 Å². The van der Waals surface area contributed by atoms with Crippen molar-refractivity contribution in [2.45, 2.75) is 18.6 Å². The first-order valence-corrected chi connectivity index (χ1v) is 5.71. The normalized spacial score (nSPS) is 17.4. The van der Waals surface area contributed by atoms with E-state index < -0.39 is 0 Å². The molecule has 0 saturated carbocycles. The molecule has 0 atom stereocenters. The molecule has 13 heavy (non-hydrogen) atoms. The first kappa shape index (κ1) is 8.82. The second-order valence-corrected chi connectivity index (χ2v) is 4.38. The van der Waals surface area contributed by atoms with Crippen LogP contribution in [0.4, 0.5) is 0 Å². The molecule has 1 nitrogen and oxygen atoms in total. The van der Waals surface area contributed by atoms with Crippen molar-refractivity contribution in [3.63, 3.8) is 0 Å². The summed E-state index contributed by atoms with van der Waals surface area (Å²) < 4.78 is 0. The van der Waals surface area contributed by atoms with Gasteiger partial charge in [0, 0.05) is 17.7 Å². The van der Waals surface area contributed by atoms with Gasteiger partial charge >= 0.3 is 0 Å². The van der Waals surface area contributed by atoms with Crippen molar-refractivity contribution < 1.29 is 4.79 Å². The van der Waals surface area contributed by atoms with Crippen LogP contribution >= 0.6 is 11.8 Å². The second-order valence-electron chi connectivity index (χ2n) is 3.28. The van der Waals surface area contributed by atoms with Crippen molar-refractivity contribution in [2.75, 3.05) is 5.75 Å². The van der Waals surface area contributed by atoms with Gasteiger partial charge in [-0.1, -0.05) is 18.2 Å². The number of carbonyl (C=O) groups is 1. The third kappa shape index (κ3) is 2.13. The van der Waals surface area contributed by atoms with Crippen molar-refractivity contribution >= 4 is 17.5 Å². The highest BCUT2D eigenvalue weighted by molar-refractivity contribution is 7.98. The Hall–Kier alpha value is -0.760. The first-order valence-electron chi connectivity index (χ1n) is 4.56. The molecular weight excluding hydrogens is 180 g/mol. The fraction of sp³-hybridized carbons (Fsp3) is 0.364. The summed E-state index contributed by atoms with van der Waals surface area (Å²) in [5.74, 6) is 2.44. The smallest absolute Gasteiger partial charge is 0.162 e. The lowest BCUT2D eigenvalue weighted by atomic mass is 10.1. The van der Waals surface area contributed by atoms with Gasteiger partial charge in [0.05, 0.1) is 0 Å². The average molecular weight is 192 g/mol. The number of thioether (sulfide) groups is 1. The number of fused-ring (bicyclic) bond motifs is 2. The lowest BCUT2D eigenvalue weighted by molar-refractivity contribution is 0.0982. The summed E-state index contributed by atoms with van der Waals surface area (Å²) in [4.78, 5) is 11.6. The van der Waals surface area contributed by atoms with E-state index in [4.69, 9.17) is 0 Å². The maximum absolute atomic E-state index is 11.6. The molecule has 0 aromatic heterocycles. The predicted octanol–water partition coefficient (Wildman–Crippen LogP) is 2.90. The molecule has 0 spiro atoms. The number of ketones is 1. The highest BCUT2D eigenvalue weighted by Crippen LogP contribution is 2.19. The number of Topliss-reactive ketones (excluding diaryl/α,β-unsaturated/α-hetero) is 1. The minimum absolute atomic E-state index is 0.296. The fourth-order valence-electron chi connectivity index (χ4n) is 1.50. The highest BCUT2D eigenvalue weighted by Gasteiger charge is 2.08. The topological polar surface area (TPSA) is 17.1 Å². The summed E-state index contributed by atoms with van der Waals surface area (Å²) in [6, 6.07) is 8.02. The Morgan fingerprint density at radius 2 is 2.23 bits per heavy atom. The predicted molar refractivity (Wildman–Crippen MR) is 56.2 cm³/mol. The summed E-state index contributed by atoms with van der Waals surface area (Å²) in [6.07, 6.45) is 1.72. The van der Waals surface area contributed by atoms with Crippen molar-refractivity contribution in [3.8, 4) is 0 Å². The van der Waals surface area contributed by atoms with E-state index in [1.165, 1.54) is 5.56 Å². The SMILES string of the molecule is O=C1CCCSCc2cccc1c2. The summed E-state index contributed by atoms with van der Waals surface area (Å²) in [5, 5.41) is 0. The molecule has 2 heteroatoms. The molecule has 0 N–H and O–H groups in total. The number of benzene rings is 1. The molecule has 1 aliphatic heterocycles. The van der Waals surface area contributed by atoms with E-state index in [0.717, 1.165) is 23.5 Å². The average Bonchev–Trinajstić information content (AvgIpc) is 2.21. The molecule has 0 aliphatic carbocycles. The molecule has 2 rings (SSSR count). The summed E-state index contributed by atoms with van der Waals surface area (Å²) in [7, 11) is 0. The van der Waals surface area contributed by atoms with Gasteiger partial charge in [0.25, 0.3) is 0 Å². The zero-order valence-corrected chi connectivity index (χ0v) is 8.27. The molecule has 0 fully saturated rings. The number of hydrogen-bond donors (Lipinski definition) is 0. The first-order chi connectivity index (χ1) is 6.36. The molecule has 2 bridgehead atoms. The Bertz CT molecular complexity index is 320. The minimum atomic E-state index is 0.296. The molecule has 1 heterocycles. The van der Waals surface area contributed by atoms with E-state index in [1.807, 2.05) is 30.0 Å². The number of rotatable bonds is 0. The molecule has 1 aromatic rings. The van der Waals surface area contributed by atoms with Gasteiger partial charge in [0.2, 0.25) is 0 Å². The summed E-state index contributed by atoms with van der Waals surface area (Å²) in [6.45, 7) is 0. The van der Waals surface area contributed by atoms with E-state index in [0.29, 0.717) is 12.2 Å².